The minimum Gasteiger partial charge on any atom is -0.480 e. The van der Waals surface area contributed by atoms with E-state index in [2.05, 4.69) is 9.62 Å². The Hall–Kier alpha value is -0.660. The van der Waals surface area contributed by atoms with E-state index in [0.29, 0.717) is 0 Å². The number of nitrogens with one attached hydrogen (secondary N) is 1. The second kappa shape index (κ2) is 6.32. The fourth-order valence-corrected chi connectivity index (χ4v) is 2.87. The first kappa shape index (κ1) is 14.4. The van der Waals surface area contributed by atoms with Crippen molar-refractivity contribution >= 4 is 16.0 Å². The number of sulfonamides is 1. The van der Waals surface area contributed by atoms with E-state index in [9.17, 15) is 13.2 Å². The molecule has 0 bridgehead atoms. The van der Waals surface area contributed by atoms with Gasteiger partial charge in [0, 0.05) is 12.6 Å². The lowest BCUT2D eigenvalue weighted by atomic mass is 10.1. The van der Waals surface area contributed by atoms with Crippen molar-refractivity contribution < 1.29 is 18.3 Å². The van der Waals surface area contributed by atoms with Crippen molar-refractivity contribution in [2.45, 2.75) is 32.2 Å². The molecule has 0 aliphatic carbocycles. The lowest BCUT2D eigenvalue weighted by molar-refractivity contribution is -0.134. The third-order valence-corrected chi connectivity index (χ3v) is 4.16. The average Bonchev–Trinajstić information content (AvgIpc) is 2.25. The molecule has 1 atom stereocenters. The maximum atomic E-state index is 11.3. The summed E-state index contributed by atoms with van der Waals surface area (Å²) in [7, 11) is -3.69. The van der Waals surface area contributed by atoms with Gasteiger partial charge in [0.25, 0.3) is 0 Å². The lowest BCUT2D eigenvalue weighted by Gasteiger charge is -2.32. The number of carboxylic acid groups (broad SMARTS) is 1. The summed E-state index contributed by atoms with van der Waals surface area (Å²) < 4.78 is 25.0. The third kappa shape index (κ3) is 5.47. The largest absolute Gasteiger partial charge is 0.480 e. The third-order valence-electron chi connectivity index (χ3n) is 2.93. The Labute approximate surface area is 102 Å². The SMILES string of the molecule is CC(CNS(=O)(=O)CC(=O)O)N1CCCCC1. The van der Waals surface area contributed by atoms with Gasteiger partial charge in [0.1, 0.15) is 0 Å². The van der Waals surface area contributed by atoms with E-state index in [1.807, 2.05) is 6.92 Å². The van der Waals surface area contributed by atoms with Gasteiger partial charge in [-0.3, -0.25) is 9.69 Å². The van der Waals surface area contributed by atoms with E-state index < -0.39 is 21.7 Å². The molecule has 0 aromatic heterocycles. The highest BCUT2D eigenvalue weighted by molar-refractivity contribution is 7.90. The van der Waals surface area contributed by atoms with Crippen LogP contribution in [0.15, 0.2) is 0 Å². The van der Waals surface area contributed by atoms with Gasteiger partial charge in [0.15, 0.2) is 5.75 Å². The van der Waals surface area contributed by atoms with Crippen molar-refractivity contribution in [3.05, 3.63) is 0 Å². The molecule has 7 heteroatoms. The summed E-state index contributed by atoms with van der Waals surface area (Å²) in [4.78, 5) is 12.6. The standard InChI is InChI=1S/C10H20N2O4S/c1-9(12-5-3-2-4-6-12)7-11-17(15,16)8-10(13)14/h9,11H,2-8H2,1H3,(H,13,14). The fourth-order valence-electron chi connectivity index (χ4n) is 1.95. The van der Waals surface area contributed by atoms with E-state index in [-0.39, 0.29) is 12.6 Å². The second-order valence-corrected chi connectivity index (χ2v) is 6.25. The molecule has 100 valence electrons. The van der Waals surface area contributed by atoms with Crippen LogP contribution in [0.4, 0.5) is 0 Å². The predicted octanol–water partition coefficient (Wildman–Crippen LogP) is -0.135. The molecule has 0 saturated carbocycles. The molecule has 1 rings (SSSR count). The molecular weight excluding hydrogens is 244 g/mol. The summed E-state index contributed by atoms with van der Waals surface area (Å²) in [6, 6.07) is 0.110. The number of hydrogen-bond acceptors (Lipinski definition) is 4. The predicted molar refractivity (Wildman–Crippen MR) is 64.3 cm³/mol. The summed E-state index contributed by atoms with van der Waals surface area (Å²) in [6.07, 6.45) is 3.52. The first-order valence-electron chi connectivity index (χ1n) is 5.84. The van der Waals surface area contributed by atoms with E-state index in [1.165, 1.54) is 6.42 Å². The highest BCUT2D eigenvalue weighted by Crippen LogP contribution is 2.11. The maximum Gasteiger partial charge on any atom is 0.320 e. The van der Waals surface area contributed by atoms with Crippen LogP contribution in [0.5, 0.6) is 0 Å². The summed E-state index contributed by atoms with van der Waals surface area (Å²) in [6.45, 7) is 4.20. The number of rotatable bonds is 6. The Bertz CT molecular complexity index is 349. The zero-order valence-corrected chi connectivity index (χ0v) is 10.9. The summed E-state index contributed by atoms with van der Waals surface area (Å²) in [5.74, 6) is -2.19. The van der Waals surface area contributed by atoms with E-state index in [4.69, 9.17) is 5.11 Å². The lowest BCUT2D eigenvalue weighted by Crippen LogP contribution is -2.45. The van der Waals surface area contributed by atoms with Crippen molar-refractivity contribution in [2.75, 3.05) is 25.4 Å². The molecule has 0 aromatic carbocycles. The van der Waals surface area contributed by atoms with E-state index >= 15 is 0 Å². The minimum absolute atomic E-state index is 0.110. The average molecular weight is 264 g/mol. The van der Waals surface area contributed by atoms with Gasteiger partial charge in [-0.25, -0.2) is 13.1 Å². The van der Waals surface area contributed by atoms with Gasteiger partial charge < -0.3 is 5.11 Å². The smallest absolute Gasteiger partial charge is 0.320 e. The summed E-state index contributed by atoms with van der Waals surface area (Å²) >= 11 is 0. The summed E-state index contributed by atoms with van der Waals surface area (Å²) in [5.41, 5.74) is 0. The van der Waals surface area contributed by atoms with Crippen LogP contribution in [-0.2, 0) is 14.8 Å². The van der Waals surface area contributed by atoms with Gasteiger partial charge in [-0.1, -0.05) is 6.42 Å². The van der Waals surface area contributed by atoms with E-state index in [1.54, 1.807) is 0 Å². The molecule has 0 spiro atoms. The maximum absolute atomic E-state index is 11.3. The monoisotopic (exact) mass is 264 g/mol. The van der Waals surface area contributed by atoms with E-state index in [0.717, 1.165) is 25.9 Å². The highest BCUT2D eigenvalue weighted by Gasteiger charge is 2.20. The number of hydrogen-bond donors (Lipinski definition) is 2. The van der Waals surface area contributed by atoms with Crippen LogP contribution in [0.1, 0.15) is 26.2 Å². The normalized spacial score (nSPS) is 20.1. The Morgan fingerprint density at radius 1 is 1.35 bits per heavy atom. The van der Waals surface area contributed by atoms with Crippen molar-refractivity contribution in [2.24, 2.45) is 0 Å². The summed E-state index contributed by atoms with van der Waals surface area (Å²) in [5, 5.41) is 8.43. The van der Waals surface area contributed by atoms with Gasteiger partial charge in [0.05, 0.1) is 0 Å². The molecule has 6 nitrogen and oxygen atoms in total. The minimum atomic E-state index is -3.69. The Morgan fingerprint density at radius 3 is 2.47 bits per heavy atom. The molecule has 1 fully saturated rings. The number of carboxylic acids is 1. The molecule has 0 radical (unpaired) electrons. The van der Waals surface area contributed by atoms with Gasteiger partial charge >= 0.3 is 5.97 Å². The first-order chi connectivity index (χ1) is 7.91. The van der Waals surface area contributed by atoms with Gasteiger partial charge in [-0.2, -0.15) is 0 Å². The molecule has 1 aliphatic heterocycles. The van der Waals surface area contributed by atoms with Gasteiger partial charge in [-0.05, 0) is 32.9 Å². The Morgan fingerprint density at radius 2 is 1.94 bits per heavy atom. The van der Waals surface area contributed by atoms with Crippen molar-refractivity contribution in [1.29, 1.82) is 0 Å². The van der Waals surface area contributed by atoms with Crippen molar-refractivity contribution in [3.63, 3.8) is 0 Å². The molecule has 0 amide bonds. The molecule has 1 heterocycles. The number of aliphatic carboxylic acids is 1. The number of nitrogens with zero attached hydrogens (tertiary/aromatic N) is 1. The van der Waals surface area contributed by atoms with Crippen LogP contribution in [0.25, 0.3) is 0 Å². The number of piperidine rings is 1. The Balaban J connectivity index is 2.36. The quantitative estimate of drug-likeness (QED) is 0.697. The van der Waals surface area contributed by atoms with Crippen LogP contribution in [0.3, 0.4) is 0 Å². The zero-order valence-electron chi connectivity index (χ0n) is 10.1. The van der Waals surface area contributed by atoms with Crippen LogP contribution in [0, 0.1) is 0 Å². The fraction of sp³-hybridized carbons (Fsp3) is 0.900. The number of likely N-dealkylation sites (tertiary alicyclic amines) is 1. The number of carbonyl (C=O) groups is 1. The second-order valence-electron chi connectivity index (χ2n) is 4.45. The van der Waals surface area contributed by atoms with Crippen molar-refractivity contribution in [1.82, 2.24) is 9.62 Å². The molecule has 1 saturated heterocycles. The zero-order chi connectivity index (χ0) is 12.9. The molecular formula is C10H20N2O4S. The highest BCUT2D eigenvalue weighted by atomic mass is 32.2. The molecule has 2 N–H and O–H groups in total. The van der Waals surface area contributed by atoms with Crippen LogP contribution >= 0.6 is 0 Å². The molecule has 17 heavy (non-hydrogen) atoms. The van der Waals surface area contributed by atoms with Gasteiger partial charge in [0.2, 0.25) is 10.0 Å². The molecule has 1 unspecified atom stereocenters. The van der Waals surface area contributed by atoms with Gasteiger partial charge in [-0.15, -0.1) is 0 Å². The topological polar surface area (TPSA) is 86.7 Å². The Kier molecular flexibility index (Phi) is 5.35. The van der Waals surface area contributed by atoms with Crippen LogP contribution in [0.2, 0.25) is 0 Å². The van der Waals surface area contributed by atoms with Crippen molar-refractivity contribution in [3.8, 4) is 0 Å². The van der Waals surface area contributed by atoms with Crippen LogP contribution < -0.4 is 4.72 Å². The first-order valence-corrected chi connectivity index (χ1v) is 7.49. The van der Waals surface area contributed by atoms with Crippen LogP contribution in [-0.4, -0.2) is 55.8 Å². The molecule has 1 aliphatic rings. The molecule has 0 aromatic rings.